The summed E-state index contributed by atoms with van der Waals surface area (Å²) < 4.78 is 22.2. The highest BCUT2D eigenvalue weighted by atomic mass is 31.2. The van der Waals surface area contributed by atoms with E-state index in [0.29, 0.717) is 23.5 Å². The number of anilines is 1. The normalized spacial score (nSPS) is 24.8. The Kier molecular flexibility index (Phi) is 6.61. The van der Waals surface area contributed by atoms with Gasteiger partial charge in [0, 0.05) is 6.54 Å². The molecule has 6 N–H and O–H groups in total. The largest absolute Gasteiger partial charge is 0.469 e. The number of hydrogen-bond acceptors (Lipinski definition) is 10. The number of hydrazine groups is 1. The first-order valence-electron chi connectivity index (χ1n) is 8.69. The number of phosphoric acid groups is 1. The smallest absolute Gasteiger partial charge is 0.387 e. The highest BCUT2D eigenvalue weighted by molar-refractivity contribution is 7.46. The van der Waals surface area contributed by atoms with E-state index in [9.17, 15) is 14.8 Å². The summed E-state index contributed by atoms with van der Waals surface area (Å²) >= 11 is 0. The third kappa shape index (κ3) is 5.15. The first-order chi connectivity index (χ1) is 13.7. The number of phosphoric ester groups is 1. The standard InChI is InChI=1S/C15H23N6O7P/c1-8(2)3-4-19-20-13-10-14(17-6-16-13)21(7-18-10)15-12(23)11(22)9(28-15)5-27-29(24,25)26/h3,6-7,9,11-12,15,19,22-23H,4-5H2,1-2H3,(H,16,17,20)(H2,24,25,26)/t9-,11-,12-,15-/m1/s1. The molecule has 3 heterocycles. The topological polar surface area (TPSA) is 184 Å². The van der Waals surface area contributed by atoms with E-state index in [2.05, 4.69) is 30.3 Å². The van der Waals surface area contributed by atoms with Crippen molar-refractivity contribution in [3.63, 3.8) is 0 Å². The van der Waals surface area contributed by atoms with Gasteiger partial charge in [0.05, 0.1) is 12.9 Å². The van der Waals surface area contributed by atoms with Crippen LogP contribution in [-0.4, -0.2) is 71.0 Å². The summed E-state index contributed by atoms with van der Waals surface area (Å²) in [5.41, 5.74) is 7.80. The minimum Gasteiger partial charge on any atom is -0.387 e. The number of aliphatic hydroxyl groups is 2. The number of allylic oxidation sites excluding steroid dienone is 1. The molecule has 2 aromatic heterocycles. The van der Waals surface area contributed by atoms with Gasteiger partial charge in [-0.1, -0.05) is 11.6 Å². The van der Waals surface area contributed by atoms with Gasteiger partial charge >= 0.3 is 7.82 Å². The SMILES string of the molecule is CC(C)=CCNNc1ncnc2c1ncn2[C@@H]1O[C@H](COP(=O)(O)O)[C@@H](O)[C@H]1O. The number of ether oxygens (including phenoxy) is 1. The Labute approximate surface area is 165 Å². The summed E-state index contributed by atoms with van der Waals surface area (Å²) in [4.78, 5) is 30.1. The highest BCUT2D eigenvalue weighted by Gasteiger charge is 2.45. The summed E-state index contributed by atoms with van der Waals surface area (Å²) in [6.07, 6.45) is -0.389. The van der Waals surface area contributed by atoms with Crippen molar-refractivity contribution in [2.75, 3.05) is 18.6 Å². The second-order valence-electron chi connectivity index (χ2n) is 6.67. The lowest BCUT2D eigenvalue weighted by Gasteiger charge is -2.16. The predicted octanol–water partition coefficient (Wildman–Crippen LogP) is -0.563. The van der Waals surface area contributed by atoms with E-state index in [4.69, 9.17) is 14.5 Å². The van der Waals surface area contributed by atoms with Gasteiger partial charge in [0.15, 0.2) is 23.2 Å². The number of fused-ring (bicyclic) bond motifs is 1. The molecule has 0 spiro atoms. The van der Waals surface area contributed by atoms with Crippen molar-refractivity contribution in [2.24, 2.45) is 0 Å². The van der Waals surface area contributed by atoms with Crippen LogP contribution in [0.1, 0.15) is 20.1 Å². The van der Waals surface area contributed by atoms with Gasteiger partial charge in [0.1, 0.15) is 24.6 Å². The number of nitrogens with one attached hydrogen (secondary N) is 2. The second-order valence-corrected chi connectivity index (χ2v) is 7.91. The van der Waals surface area contributed by atoms with Crippen LogP contribution in [0.15, 0.2) is 24.3 Å². The molecule has 0 aromatic carbocycles. The first-order valence-corrected chi connectivity index (χ1v) is 10.2. The highest BCUT2D eigenvalue weighted by Crippen LogP contribution is 2.38. The lowest BCUT2D eigenvalue weighted by atomic mass is 10.1. The average Bonchev–Trinajstić information content (AvgIpc) is 3.19. The summed E-state index contributed by atoms with van der Waals surface area (Å²) in [5.74, 6) is 0.408. The lowest BCUT2D eigenvalue weighted by Crippen LogP contribution is -2.33. The maximum atomic E-state index is 10.9. The molecule has 160 valence electrons. The quantitative estimate of drug-likeness (QED) is 0.136. The van der Waals surface area contributed by atoms with Crippen molar-refractivity contribution in [3.8, 4) is 0 Å². The Morgan fingerprint density at radius 3 is 2.76 bits per heavy atom. The molecule has 3 rings (SSSR count). The third-order valence-corrected chi connectivity index (χ3v) is 4.68. The van der Waals surface area contributed by atoms with Crippen LogP contribution in [0, 0.1) is 0 Å². The zero-order valence-electron chi connectivity index (χ0n) is 15.7. The number of hydrogen-bond donors (Lipinski definition) is 6. The zero-order chi connectivity index (χ0) is 21.2. The summed E-state index contributed by atoms with van der Waals surface area (Å²) in [6, 6.07) is 0. The molecule has 0 amide bonds. The van der Waals surface area contributed by atoms with E-state index in [0.717, 1.165) is 5.57 Å². The average molecular weight is 430 g/mol. The molecule has 13 nitrogen and oxygen atoms in total. The fourth-order valence-electron chi connectivity index (χ4n) is 2.79. The number of aromatic nitrogens is 4. The molecular formula is C15H23N6O7P. The predicted molar refractivity (Wildman–Crippen MR) is 100 cm³/mol. The van der Waals surface area contributed by atoms with Crippen molar-refractivity contribution < 1.29 is 33.8 Å². The second kappa shape index (κ2) is 8.81. The van der Waals surface area contributed by atoms with E-state index in [1.54, 1.807) is 0 Å². The van der Waals surface area contributed by atoms with Crippen molar-refractivity contribution in [1.29, 1.82) is 0 Å². The molecule has 0 unspecified atom stereocenters. The Morgan fingerprint density at radius 2 is 2.07 bits per heavy atom. The van der Waals surface area contributed by atoms with Gasteiger partial charge in [-0.25, -0.2) is 24.9 Å². The van der Waals surface area contributed by atoms with E-state index in [-0.39, 0.29) is 0 Å². The molecule has 0 saturated carbocycles. The Hall–Kier alpha value is -1.96. The van der Waals surface area contributed by atoms with Gasteiger partial charge in [-0.2, -0.15) is 0 Å². The third-order valence-electron chi connectivity index (χ3n) is 4.20. The van der Waals surface area contributed by atoms with Crippen LogP contribution < -0.4 is 10.9 Å². The minimum atomic E-state index is -4.74. The summed E-state index contributed by atoms with van der Waals surface area (Å²) in [6.45, 7) is 3.92. The molecule has 1 saturated heterocycles. The van der Waals surface area contributed by atoms with Crippen LogP contribution in [0.5, 0.6) is 0 Å². The Balaban J connectivity index is 1.77. The number of imidazole rings is 1. The molecular weight excluding hydrogens is 407 g/mol. The summed E-state index contributed by atoms with van der Waals surface area (Å²) in [7, 11) is -4.74. The monoisotopic (exact) mass is 430 g/mol. The van der Waals surface area contributed by atoms with Crippen LogP contribution in [-0.2, 0) is 13.8 Å². The van der Waals surface area contributed by atoms with E-state index < -0.39 is 39.0 Å². The van der Waals surface area contributed by atoms with Crippen molar-refractivity contribution in [3.05, 3.63) is 24.3 Å². The van der Waals surface area contributed by atoms with Gasteiger partial charge in [0.2, 0.25) is 0 Å². The van der Waals surface area contributed by atoms with Crippen LogP contribution in [0.3, 0.4) is 0 Å². The number of aliphatic hydroxyl groups excluding tert-OH is 2. The number of nitrogens with zero attached hydrogens (tertiary/aromatic N) is 4. The van der Waals surface area contributed by atoms with Crippen LogP contribution in [0.4, 0.5) is 5.82 Å². The fraction of sp³-hybridized carbons (Fsp3) is 0.533. The maximum absolute atomic E-state index is 10.9. The molecule has 4 atom stereocenters. The molecule has 0 aliphatic carbocycles. The van der Waals surface area contributed by atoms with E-state index in [1.165, 1.54) is 17.2 Å². The van der Waals surface area contributed by atoms with Gasteiger partial charge in [-0.15, -0.1) is 0 Å². The lowest BCUT2D eigenvalue weighted by molar-refractivity contribution is -0.0504. The Morgan fingerprint density at radius 1 is 1.31 bits per heavy atom. The Bertz CT molecular complexity index is 927. The van der Waals surface area contributed by atoms with Crippen molar-refractivity contribution in [2.45, 2.75) is 38.4 Å². The molecule has 29 heavy (non-hydrogen) atoms. The summed E-state index contributed by atoms with van der Waals surface area (Å²) in [5, 5.41) is 20.5. The molecule has 1 fully saturated rings. The molecule has 14 heteroatoms. The van der Waals surface area contributed by atoms with Gasteiger partial charge < -0.3 is 30.2 Å². The molecule has 1 aliphatic heterocycles. The molecule has 0 bridgehead atoms. The van der Waals surface area contributed by atoms with Crippen LogP contribution in [0.25, 0.3) is 11.2 Å². The zero-order valence-corrected chi connectivity index (χ0v) is 16.6. The fourth-order valence-corrected chi connectivity index (χ4v) is 3.13. The van der Waals surface area contributed by atoms with Gasteiger partial charge in [-0.3, -0.25) is 9.09 Å². The molecule has 1 aliphatic rings. The van der Waals surface area contributed by atoms with Crippen LogP contribution >= 0.6 is 7.82 Å². The van der Waals surface area contributed by atoms with Crippen molar-refractivity contribution >= 4 is 24.8 Å². The van der Waals surface area contributed by atoms with Gasteiger partial charge in [0.25, 0.3) is 0 Å². The first kappa shape index (κ1) is 21.7. The molecule has 2 aromatic rings. The van der Waals surface area contributed by atoms with E-state index >= 15 is 0 Å². The molecule has 0 radical (unpaired) electrons. The minimum absolute atomic E-state index is 0.333. The maximum Gasteiger partial charge on any atom is 0.469 e. The number of rotatable bonds is 8. The van der Waals surface area contributed by atoms with Crippen molar-refractivity contribution in [1.82, 2.24) is 24.9 Å². The van der Waals surface area contributed by atoms with E-state index in [1.807, 2.05) is 19.9 Å². The van der Waals surface area contributed by atoms with Gasteiger partial charge in [-0.05, 0) is 13.8 Å². The van der Waals surface area contributed by atoms with Crippen LogP contribution in [0.2, 0.25) is 0 Å².